The molecule has 0 saturated carbocycles. The Morgan fingerprint density at radius 3 is 2.55 bits per heavy atom. The summed E-state index contributed by atoms with van der Waals surface area (Å²) in [5, 5.41) is 0. The van der Waals surface area contributed by atoms with Crippen molar-refractivity contribution >= 4 is 5.78 Å². The van der Waals surface area contributed by atoms with Crippen LogP contribution in [0, 0.1) is 0 Å². The van der Waals surface area contributed by atoms with Gasteiger partial charge in [-0.3, -0.25) is 4.79 Å². The van der Waals surface area contributed by atoms with E-state index < -0.39 is 0 Å². The molecule has 0 fully saturated rings. The quantitative estimate of drug-likeness (QED) is 0.445. The summed E-state index contributed by atoms with van der Waals surface area (Å²) in [5.41, 5.74) is 0.710. The molecule has 0 aromatic carbocycles. The second kappa shape index (κ2) is 5.66. The van der Waals surface area contributed by atoms with E-state index >= 15 is 0 Å². The first-order chi connectivity index (χ1) is 5.22. The minimum Gasteiger partial charge on any atom is -0.295 e. The maximum atomic E-state index is 10.9. The first kappa shape index (κ1) is 9.89. The average molecular weight is 150 g/mol. The molecular formula is C10H14O. The Morgan fingerprint density at radius 2 is 2.18 bits per heavy atom. The van der Waals surface area contributed by atoms with Gasteiger partial charge in [0, 0.05) is 5.57 Å². The second-order valence-electron chi connectivity index (χ2n) is 2.22. The zero-order chi connectivity index (χ0) is 8.69. The predicted octanol–water partition coefficient (Wildman–Crippen LogP) is 2.65. The summed E-state index contributed by atoms with van der Waals surface area (Å²) in [5.74, 6) is 0.0783. The highest BCUT2D eigenvalue weighted by Crippen LogP contribution is 1.99. The fourth-order valence-electron chi connectivity index (χ4n) is 0.662. The first-order valence-electron chi connectivity index (χ1n) is 3.72. The van der Waals surface area contributed by atoms with Crippen molar-refractivity contribution in [2.45, 2.75) is 20.3 Å². The molecule has 0 amide bonds. The number of ketones is 1. The zero-order valence-corrected chi connectivity index (χ0v) is 7.13. The topological polar surface area (TPSA) is 17.1 Å². The van der Waals surface area contributed by atoms with Gasteiger partial charge in [-0.15, -0.1) is 0 Å². The Balaban J connectivity index is 4.35. The molecule has 11 heavy (non-hydrogen) atoms. The Morgan fingerprint density at radius 1 is 1.55 bits per heavy atom. The maximum absolute atomic E-state index is 10.9. The van der Waals surface area contributed by atoms with Gasteiger partial charge in [-0.25, -0.2) is 0 Å². The molecule has 0 unspecified atom stereocenters. The molecule has 0 rings (SSSR count). The van der Waals surface area contributed by atoms with E-state index in [9.17, 15) is 4.79 Å². The van der Waals surface area contributed by atoms with Crippen molar-refractivity contribution in [1.82, 2.24) is 0 Å². The lowest BCUT2D eigenvalue weighted by molar-refractivity contribution is -0.113. The van der Waals surface area contributed by atoms with Crippen LogP contribution < -0.4 is 0 Å². The van der Waals surface area contributed by atoms with Gasteiger partial charge in [-0.1, -0.05) is 37.8 Å². The zero-order valence-electron chi connectivity index (χ0n) is 7.13. The third-order valence-corrected chi connectivity index (χ3v) is 1.24. The summed E-state index contributed by atoms with van der Waals surface area (Å²) < 4.78 is 0. The molecular weight excluding hydrogens is 136 g/mol. The van der Waals surface area contributed by atoms with Crippen molar-refractivity contribution in [3.63, 3.8) is 0 Å². The lowest BCUT2D eigenvalue weighted by Gasteiger charge is -1.91. The summed E-state index contributed by atoms with van der Waals surface area (Å²) in [6.07, 6.45) is 8.06. The van der Waals surface area contributed by atoms with Gasteiger partial charge < -0.3 is 0 Å². The van der Waals surface area contributed by atoms with E-state index in [1.54, 1.807) is 19.1 Å². The molecule has 0 N–H and O–H groups in total. The van der Waals surface area contributed by atoms with Gasteiger partial charge in [0.25, 0.3) is 0 Å². The van der Waals surface area contributed by atoms with E-state index in [2.05, 4.69) is 6.58 Å². The molecule has 60 valence electrons. The predicted molar refractivity (Wildman–Crippen MR) is 48.4 cm³/mol. The number of hydrogen-bond donors (Lipinski definition) is 0. The van der Waals surface area contributed by atoms with Crippen LogP contribution in [0.3, 0.4) is 0 Å². The fourth-order valence-corrected chi connectivity index (χ4v) is 0.662. The van der Waals surface area contributed by atoms with E-state index in [0.29, 0.717) is 5.57 Å². The normalized spacial score (nSPS) is 12.0. The lowest BCUT2D eigenvalue weighted by atomic mass is 10.1. The minimum atomic E-state index is 0.0783. The van der Waals surface area contributed by atoms with Crippen LogP contribution in [0.15, 0.2) is 36.5 Å². The highest BCUT2D eigenvalue weighted by atomic mass is 16.1. The molecule has 0 aromatic rings. The molecule has 0 aromatic heterocycles. The number of hydrogen-bond acceptors (Lipinski definition) is 1. The number of carbonyl (C=O) groups is 1. The molecule has 0 spiro atoms. The van der Waals surface area contributed by atoms with E-state index in [0.717, 1.165) is 6.42 Å². The molecule has 0 bridgehead atoms. The summed E-state index contributed by atoms with van der Waals surface area (Å²) in [4.78, 5) is 10.9. The van der Waals surface area contributed by atoms with Crippen molar-refractivity contribution in [1.29, 1.82) is 0 Å². The van der Waals surface area contributed by atoms with Crippen molar-refractivity contribution in [2.24, 2.45) is 0 Å². The van der Waals surface area contributed by atoms with E-state index in [1.165, 1.54) is 0 Å². The van der Waals surface area contributed by atoms with Crippen molar-refractivity contribution in [2.75, 3.05) is 0 Å². The maximum Gasteiger partial charge on any atom is 0.159 e. The van der Waals surface area contributed by atoms with Gasteiger partial charge in [0.2, 0.25) is 0 Å². The van der Waals surface area contributed by atoms with Crippen LogP contribution in [0.25, 0.3) is 0 Å². The van der Waals surface area contributed by atoms with Gasteiger partial charge in [0.05, 0.1) is 0 Å². The van der Waals surface area contributed by atoms with Crippen LogP contribution in [0.1, 0.15) is 20.3 Å². The molecule has 0 heterocycles. The van der Waals surface area contributed by atoms with Gasteiger partial charge in [-0.05, 0) is 13.3 Å². The van der Waals surface area contributed by atoms with Crippen LogP contribution in [0.2, 0.25) is 0 Å². The Kier molecular flexibility index (Phi) is 5.09. The molecule has 1 nitrogen and oxygen atoms in total. The molecule has 0 aliphatic carbocycles. The van der Waals surface area contributed by atoms with Crippen molar-refractivity contribution in [3.05, 3.63) is 36.5 Å². The molecule has 0 aliphatic heterocycles. The fraction of sp³-hybridized carbons (Fsp3) is 0.300. The monoisotopic (exact) mass is 150 g/mol. The Labute approximate surface area is 68.1 Å². The number of allylic oxidation sites excluding steroid dienone is 5. The van der Waals surface area contributed by atoms with Crippen LogP contribution >= 0.6 is 0 Å². The number of rotatable bonds is 4. The third-order valence-electron chi connectivity index (χ3n) is 1.24. The van der Waals surface area contributed by atoms with Crippen LogP contribution in [-0.4, -0.2) is 5.78 Å². The smallest absolute Gasteiger partial charge is 0.159 e. The van der Waals surface area contributed by atoms with E-state index in [1.807, 2.05) is 19.1 Å². The number of Topliss-reactive ketones (excluding diaryl/α,β-unsaturated/α-hetero) is 1. The van der Waals surface area contributed by atoms with Gasteiger partial charge in [0.15, 0.2) is 5.78 Å². The lowest BCUT2D eigenvalue weighted by Crippen LogP contribution is -1.91. The highest BCUT2D eigenvalue weighted by molar-refractivity contribution is 5.96. The first-order valence-corrected chi connectivity index (χ1v) is 3.72. The van der Waals surface area contributed by atoms with Crippen LogP contribution in [0.4, 0.5) is 0 Å². The van der Waals surface area contributed by atoms with Crippen LogP contribution in [0.5, 0.6) is 0 Å². The Hall–Kier alpha value is -1.11. The summed E-state index contributed by atoms with van der Waals surface area (Å²) in [7, 11) is 0. The summed E-state index contributed by atoms with van der Waals surface area (Å²) in [6.45, 7) is 7.11. The summed E-state index contributed by atoms with van der Waals surface area (Å²) >= 11 is 0. The SMILES string of the molecule is C=C/C=C(\C=C/CC)C(C)=O. The molecule has 0 aliphatic rings. The molecule has 0 atom stereocenters. The molecule has 0 saturated heterocycles. The third kappa shape index (κ3) is 4.31. The van der Waals surface area contributed by atoms with E-state index in [-0.39, 0.29) is 5.78 Å². The van der Waals surface area contributed by atoms with Crippen molar-refractivity contribution in [3.8, 4) is 0 Å². The van der Waals surface area contributed by atoms with Gasteiger partial charge in [-0.2, -0.15) is 0 Å². The average Bonchev–Trinajstić information content (AvgIpc) is 1.97. The minimum absolute atomic E-state index is 0.0783. The second-order valence-corrected chi connectivity index (χ2v) is 2.22. The summed E-state index contributed by atoms with van der Waals surface area (Å²) in [6, 6.07) is 0. The molecule has 0 radical (unpaired) electrons. The standard InChI is InChI=1S/C10H14O/c1-4-6-8-10(7-5-2)9(3)11/h5-8H,2,4H2,1,3H3/b8-6-,10-7+. The largest absolute Gasteiger partial charge is 0.295 e. The van der Waals surface area contributed by atoms with Gasteiger partial charge in [0.1, 0.15) is 0 Å². The van der Waals surface area contributed by atoms with E-state index in [4.69, 9.17) is 0 Å². The number of carbonyl (C=O) groups excluding carboxylic acids is 1. The van der Waals surface area contributed by atoms with Crippen molar-refractivity contribution < 1.29 is 4.79 Å². The molecule has 1 heteroatoms. The Bertz CT molecular complexity index is 197. The highest BCUT2D eigenvalue weighted by Gasteiger charge is 1.95. The van der Waals surface area contributed by atoms with Crippen LogP contribution in [-0.2, 0) is 4.79 Å². The van der Waals surface area contributed by atoms with Gasteiger partial charge >= 0.3 is 0 Å².